The van der Waals surface area contributed by atoms with Gasteiger partial charge in [-0.05, 0) is 0 Å². The number of carbonyl (C=O) groups is 3. The molecule has 0 aromatic heterocycles. The minimum Gasteiger partial charge on any atom is -0.377 e. The fraction of sp³-hybridized carbons (Fsp3) is 0.667. The number of nitrogens with one attached hydrogen (secondary N) is 1. The van der Waals surface area contributed by atoms with Gasteiger partial charge < -0.3 is 24.3 Å². The van der Waals surface area contributed by atoms with Crippen LogP contribution >= 0.6 is 0 Å². The number of rotatable bonds is 18. The molecule has 1 heterocycles. The van der Waals surface area contributed by atoms with E-state index in [0.29, 0.717) is 65.9 Å². The number of nitrogens with zero attached hydrogens (tertiary/aromatic N) is 2. The average molecular weight is 413 g/mol. The highest BCUT2D eigenvalue weighted by atomic mass is 16.6. The number of isocyanates is 1. The zero-order valence-electron chi connectivity index (χ0n) is 16.3. The lowest BCUT2D eigenvalue weighted by molar-refractivity contribution is -0.137. The number of ether oxygens (including phenoxy) is 4. The Morgan fingerprint density at radius 3 is 1.97 bits per heavy atom. The molecule has 162 valence electrons. The van der Waals surface area contributed by atoms with E-state index in [9.17, 15) is 19.2 Å². The van der Waals surface area contributed by atoms with Crippen LogP contribution in [0.3, 0.4) is 0 Å². The van der Waals surface area contributed by atoms with Crippen LogP contribution in [0.2, 0.25) is 0 Å². The van der Waals surface area contributed by atoms with Crippen molar-refractivity contribution in [2.45, 2.75) is 6.42 Å². The first-order valence-corrected chi connectivity index (χ1v) is 9.30. The van der Waals surface area contributed by atoms with Gasteiger partial charge in [0.1, 0.15) is 0 Å². The van der Waals surface area contributed by atoms with Gasteiger partial charge in [-0.2, -0.15) is 0 Å². The largest absolute Gasteiger partial charge is 0.377 e. The van der Waals surface area contributed by atoms with E-state index in [0.717, 1.165) is 4.90 Å². The van der Waals surface area contributed by atoms with E-state index in [1.807, 2.05) is 0 Å². The lowest BCUT2D eigenvalue weighted by Gasteiger charge is -2.13. The van der Waals surface area contributed by atoms with Gasteiger partial charge in [-0.1, -0.05) is 0 Å². The quantitative estimate of drug-likeness (QED) is 0.128. The molecule has 0 saturated heterocycles. The monoisotopic (exact) mass is 413 g/mol. The van der Waals surface area contributed by atoms with Crippen molar-refractivity contribution in [1.82, 2.24) is 10.2 Å². The van der Waals surface area contributed by atoms with Crippen molar-refractivity contribution in [3.8, 4) is 0 Å². The summed E-state index contributed by atoms with van der Waals surface area (Å²) in [6, 6.07) is 0. The number of amides is 3. The summed E-state index contributed by atoms with van der Waals surface area (Å²) in [5.41, 5.74) is 0. The Hall–Kier alpha value is -2.43. The fourth-order valence-corrected chi connectivity index (χ4v) is 2.13. The molecule has 0 atom stereocenters. The molecule has 0 unspecified atom stereocenters. The standard InChI is InChI=1S/C18H27N3O8/c22-15-19-4-7-26-9-11-28-13-14-29-12-10-27-8-5-20-16(23)3-6-21-17(24)1-2-18(21)25/h1-2H,3-14H2,(H,20,23). The number of aliphatic imine (C=N–C) groups is 1. The van der Waals surface area contributed by atoms with Crippen LogP contribution in [-0.2, 0) is 38.1 Å². The van der Waals surface area contributed by atoms with Gasteiger partial charge in [0, 0.05) is 31.7 Å². The highest BCUT2D eigenvalue weighted by molar-refractivity contribution is 6.13. The molecule has 0 bridgehead atoms. The molecule has 0 fully saturated rings. The van der Waals surface area contributed by atoms with Crippen LogP contribution in [0.15, 0.2) is 17.1 Å². The summed E-state index contributed by atoms with van der Waals surface area (Å²) in [4.78, 5) is 48.5. The Balaban J connectivity index is 1.79. The van der Waals surface area contributed by atoms with Crippen molar-refractivity contribution in [1.29, 1.82) is 0 Å². The third-order valence-electron chi connectivity index (χ3n) is 3.56. The Morgan fingerprint density at radius 2 is 1.41 bits per heavy atom. The first kappa shape index (κ1) is 24.6. The molecular weight excluding hydrogens is 386 g/mol. The summed E-state index contributed by atoms with van der Waals surface area (Å²) in [5.74, 6) is -1.05. The Kier molecular flexibility index (Phi) is 14.0. The van der Waals surface area contributed by atoms with Crippen LogP contribution in [0.25, 0.3) is 0 Å². The van der Waals surface area contributed by atoms with E-state index in [4.69, 9.17) is 18.9 Å². The van der Waals surface area contributed by atoms with Crippen molar-refractivity contribution in [2.75, 3.05) is 72.5 Å². The van der Waals surface area contributed by atoms with Crippen molar-refractivity contribution in [3.05, 3.63) is 12.2 Å². The van der Waals surface area contributed by atoms with E-state index in [-0.39, 0.29) is 18.9 Å². The molecule has 3 amide bonds. The SMILES string of the molecule is O=C=NCCOCCOCCOCCOCCNC(=O)CCN1C(=O)C=CC1=O. The minimum absolute atomic E-state index is 0.0555. The second-order valence-corrected chi connectivity index (χ2v) is 5.68. The maximum absolute atomic E-state index is 11.7. The maximum Gasteiger partial charge on any atom is 0.253 e. The molecule has 0 aliphatic carbocycles. The van der Waals surface area contributed by atoms with Crippen molar-refractivity contribution in [3.63, 3.8) is 0 Å². The molecule has 1 N–H and O–H groups in total. The summed E-state index contributed by atoms with van der Waals surface area (Å²) in [5, 5.41) is 2.65. The molecule has 0 aromatic carbocycles. The van der Waals surface area contributed by atoms with Crippen molar-refractivity contribution in [2.24, 2.45) is 4.99 Å². The molecular formula is C18H27N3O8. The summed E-state index contributed by atoms with van der Waals surface area (Å²) in [6.07, 6.45) is 3.86. The Morgan fingerprint density at radius 1 is 0.897 bits per heavy atom. The van der Waals surface area contributed by atoms with Gasteiger partial charge in [0.25, 0.3) is 11.8 Å². The van der Waals surface area contributed by atoms with Crippen molar-refractivity contribution >= 4 is 23.8 Å². The van der Waals surface area contributed by atoms with Crippen LogP contribution < -0.4 is 5.32 Å². The predicted octanol–water partition coefficient (Wildman–Crippen LogP) is -1.18. The molecule has 1 aliphatic heterocycles. The molecule has 0 aromatic rings. The van der Waals surface area contributed by atoms with Gasteiger partial charge in [-0.25, -0.2) is 9.79 Å². The number of hydrogen-bond donors (Lipinski definition) is 1. The van der Waals surface area contributed by atoms with Gasteiger partial charge >= 0.3 is 0 Å². The topological polar surface area (TPSA) is 133 Å². The highest BCUT2D eigenvalue weighted by Gasteiger charge is 2.23. The summed E-state index contributed by atoms with van der Waals surface area (Å²) >= 11 is 0. The molecule has 11 nitrogen and oxygen atoms in total. The van der Waals surface area contributed by atoms with Gasteiger partial charge in [0.2, 0.25) is 12.0 Å². The molecule has 29 heavy (non-hydrogen) atoms. The van der Waals surface area contributed by atoms with E-state index >= 15 is 0 Å². The summed E-state index contributed by atoms with van der Waals surface area (Å²) in [7, 11) is 0. The molecule has 0 saturated carbocycles. The maximum atomic E-state index is 11.7. The summed E-state index contributed by atoms with van der Waals surface area (Å²) < 4.78 is 21.1. The molecule has 1 aliphatic rings. The highest BCUT2D eigenvalue weighted by Crippen LogP contribution is 2.03. The van der Waals surface area contributed by atoms with Crippen molar-refractivity contribution < 1.29 is 38.1 Å². The predicted molar refractivity (Wildman–Crippen MR) is 99.8 cm³/mol. The Labute approximate surface area is 169 Å². The van der Waals surface area contributed by atoms with Crippen LogP contribution in [0.5, 0.6) is 0 Å². The number of hydrogen-bond acceptors (Lipinski definition) is 9. The van der Waals surface area contributed by atoms with Gasteiger partial charge in [0.15, 0.2) is 0 Å². The van der Waals surface area contributed by atoms with E-state index in [1.54, 1.807) is 0 Å². The van der Waals surface area contributed by atoms with E-state index in [2.05, 4.69) is 10.3 Å². The smallest absolute Gasteiger partial charge is 0.253 e. The average Bonchev–Trinajstić information content (AvgIpc) is 3.03. The normalized spacial score (nSPS) is 13.0. The Bertz CT molecular complexity index is 572. The molecule has 11 heteroatoms. The lowest BCUT2D eigenvalue weighted by Crippen LogP contribution is -2.35. The third-order valence-corrected chi connectivity index (χ3v) is 3.56. The number of imide groups is 1. The van der Waals surface area contributed by atoms with Gasteiger partial charge in [0.05, 0.1) is 59.4 Å². The zero-order chi connectivity index (χ0) is 21.2. The van der Waals surface area contributed by atoms with E-state index in [1.165, 1.54) is 18.2 Å². The van der Waals surface area contributed by atoms with Crippen LogP contribution in [0.1, 0.15) is 6.42 Å². The summed E-state index contributed by atoms with van der Waals surface area (Å²) in [6.45, 7) is 3.90. The first-order valence-electron chi connectivity index (χ1n) is 9.30. The third kappa shape index (κ3) is 12.6. The number of carbonyl (C=O) groups excluding carboxylic acids is 4. The minimum atomic E-state index is -0.397. The zero-order valence-corrected chi connectivity index (χ0v) is 16.3. The fourth-order valence-electron chi connectivity index (χ4n) is 2.13. The van der Waals surface area contributed by atoms with Crippen LogP contribution in [-0.4, -0.2) is 101 Å². The van der Waals surface area contributed by atoms with E-state index < -0.39 is 11.8 Å². The van der Waals surface area contributed by atoms with Crippen LogP contribution in [0.4, 0.5) is 0 Å². The first-order chi connectivity index (χ1) is 14.1. The van der Waals surface area contributed by atoms with Crippen LogP contribution in [0, 0.1) is 0 Å². The lowest BCUT2D eigenvalue weighted by atomic mass is 10.3. The molecule has 0 radical (unpaired) electrons. The molecule has 0 spiro atoms. The van der Waals surface area contributed by atoms with Gasteiger partial charge in [-0.3, -0.25) is 19.3 Å². The second-order valence-electron chi connectivity index (χ2n) is 5.68. The van der Waals surface area contributed by atoms with Gasteiger partial charge in [-0.15, -0.1) is 0 Å². The second kappa shape index (κ2) is 16.5. The molecule has 1 rings (SSSR count).